The molecule has 8 nitrogen and oxygen atoms in total. The molecule has 1 aromatic heterocycles. The quantitative estimate of drug-likeness (QED) is 0.730. The average Bonchev–Trinajstić information content (AvgIpc) is 3.21. The highest BCUT2D eigenvalue weighted by molar-refractivity contribution is 7.89. The number of nitrogens with zero attached hydrogens (tertiary/aromatic N) is 2. The van der Waals surface area contributed by atoms with Gasteiger partial charge in [0, 0.05) is 19.1 Å². The monoisotopic (exact) mass is 434 g/mol. The number of likely N-dealkylation sites (tertiary alicyclic amines) is 1. The van der Waals surface area contributed by atoms with Gasteiger partial charge in [-0.25, -0.2) is 8.42 Å². The molecule has 3 rings (SSSR count). The number of hydrogen-bond donors (Lipinski definition) is 2. The van der Waals surface area contributed by atoms with Gasteiger partial charge in [0.1, 0.15) is 16.1 Å². The lowest BCUT2D eigenvalue weighted by Gasteiger charge is -2.40. The van der Waals surface area contributed by atoms with Crippen molar-refractivity contribution in [1.29, 1.82) is 0 Å². The maximum absolute atomic E-state index is 13.4. The van der Waals surface area contributed by atoms with Crippen molar-refractivity contribution in [2.45, 2.75) is 75.8 Å². The number of piperidine rings is 1. The third kappa shape index (κ3) is 4.37. The molecule has 0 aromatic carbocycles. The minimum atomic E-state index is -3.91. The van der Waals surface area contributed by atoms with Gasteiger partial charge >= 0.3 is 0 Å². The van der Waals surface area contributed by atoms with Crippen LogP contribution in [0.5, 0.6) is 0 Å². The SMILES string of the molecule is Cc1noc(C)c1S(=O)(=O)NC1(C(=O)N2CCCC(C(C)N)C2)CCCC1.Cl. The zero-order valence-corrected chi connectivity index (χ0v) is 18.4. The van der Waals surface area contributed by atoms with Gasteiger partial charge in [-0.05, 0) is 52.4 Å². The molecule has 1 aliphatic carbocycles. The number of carbonyl (C=O) groups excluding carboxylic acids is 1. The Hall–Kier alpha value is -1.16. The van der Waals surface area contributed by atoms with Crippen molar-refractivity contribution in [2.75, 3.05) is 13.1 Å². The first-order valence-electron chi connectivity index (χ1n) is 9.68. The van der Waals surface area contributed by atoms with Crippen molar-refractivity contribution in [3.8, 4) is 0 Å². The van der Waals surface area contributed by atoms with E-state index in [1.165, 1.54) is 0 Å². The standard InChI is InChI=1S/C18H30N4O4S.ClH/c1-12(19)15-7-6-10-22(11-15)17(23)18(8-4-5-9-18)21-27(24,25)16-13(2)20-26-14(16)3;/h12,15,21H,4-11,19H2,1-3H3;1H. The van der Waals surface area contributed by atoms with Gasteiger partial charge in [0.2, 0.25) is 15.9 Å². The second kappa shape index (κ2) is 8.69. The summed E-state index contributed by atoms with van der Waals surface area (Å²) in [6.07, 6.45) is 4.55. The molecule has 2 heterocycles. The van der Waals surface area contributed by atoms with Gasteiger partial charge in [0.15, 0.2) is 5.76 Å². The van der Waals surface area contributed by atoms with Crippen molar-refractivity contribution < 1.29 is 17.7 Å². The van der Waals surface area contributed by atoms with E-state index in [2.05, 4.69) is 9.88 Å². The number of aromatic nitrogens is 1. The van der Waals surface area contributed by atoms with Crippen LogP contribution in [-0.4, -0.2) is 49.1 Å². The number of nitrogens with one attached hydrogen (secondary N) is 1. The molecular weight excluding hydrogens is 404 g/mol. The van der Waals surface area contributed by atoms with Gasteiger partial charge in [0.25, 0.3) is 0 Å². The van der Waals surface area contributed by atoms with E-state index in [0.717, 1.165) is 25.7 Å². The smallest absolute Gasteiger partial charge is 0.246 e. The van der Waals surface area contributed by atoms with Crippen LogP contribution in [0.2, 0.25) is 0 Å². The van der Waals surface area contributed by atoms with Crippen LogP contribution in [0.1, 0.15) is 56.9 Å². The van der Waals surface area contributed by atoms with E-state index in [-0.39, 0.29) is 40.9 Å². The fraction of sp³-hybridized carbons (Fsp3) is 0.778. The van der Waals surface area contributed by atoms with Gasteiger partial charge in [-0.3, -0.25) is 4.79 Å². The van der Waals surface area contributed by atoms with Gasteiger partial charge in [-0.15, -0.1) is 12.4 Å². The molecule has 0 spiro atoms. The topological polar surface area (TPSA) is 119 Å². The lowest BCUT2D eigenvalue weighted by Crippen LogP contribution is -2.60. The lowest BCUT2D eigenvalue weighted by atomic mass is 9.89. The molecular formula is C18H31ClN4O4S. The minimum absolute atomic E-state index is 0. The highest BCUT2D eigenvalue weighted by atomic mass is 35.5. The normalized spacial score (nSPS) is 23.3. The van der Waals surface area contributed by atoms with Crippen molar-refractivity contribution in [3.63, 3.8) is 0 Å². The van der Waals surface area contributed by atoms with Gasteiger partial charge in [-0.1, -0.05) is 18.0 Å². The number of aryl methyl sites for hydroxylation is 2. The van der Waals surface area contributed by atoms with Crippen LogP contribution < -0.4 is 10.5 Å². The highest BCUT2D eigenvalue weighted by Crippen LogP contribution is 2.35. The van der Waals surface area contributed by atoms with E-state index in [0.29, 0.717) is 31.6 Å². The first-order chi connectivity index (χ1) is 12.7. The van der Waals surface area contributed by atoms with Crippen LogP contribution >= 0.6 is 12.4 Å². The van der Waals surface area contributed by atoms with Crippen LogP contribution in [-0.2, 0) is 14.8 Å². The van der Waals surface area contributed by atoms with Crippen molar-refractivity contribution in [3.05, 3.63) is 11.5 Å². The fourth-order valence-corrected chi connectivity index (χ4v) is 6.18. The maximum Gasteiger partial charge on any atom is 0.246 e. The lowest BCUT2D eigenvalue weighted by molar-refractivity contribution is -0.139. The van der Waals surface area contributed by atoms with E-state index in [1.54, 1.807) is 18.7 Å². The van der Waals surface area contributed by atoms with Crippen LogP contribution in [0.3, 0.4) is 0 Å². The Bertz CT molecular complexity index is 783. The Morgan fingerprint density at radius 1 is 1.32 bits per heavy atom. The van der Waals surface area contributed by atoms with Crippen LogP contribution in [0.4, 0.5) is 0 Å². The summed E-state index contributed by atoms with van der Waals surface area (Å²) < 4.78 is 33.9. The molecule has 2 unspecified atom stereocenters. The number of sulfonamides is 1. The highest BCUT2D eigenvalue weighted by Gasteiger charge is 2.48. The molecule has 10 heteroatoms. The molecule has 1 saturated carbocycles. The Labute approximate surface area is 173 Å². The number of halogens is 1. The van der Waals surface area contributed by atoms with E-state index in [9.17, 15) is 13.2 Å². The summed E-state index contributed by atoms with van der Waals surface area (Å²) in [5.74, 6) is 0.358. The second-order valence-electron chi connectivity index (χ2n) is 8.06. The van der Waals surface area contributed by atoms with Gasteiger partial charge in [-0.2, -0.15) is 4.72 Å². The average molecular weight is 435 g/mol. The molecule has 2 aliphatic rings. The summed E-state index contributed by atoms with van der Waals surface area (Å²) in [4.78, 5) is 15.3. The largest absolute Gasteiger partial charge is 0.360 e. The van der Waals surface area contributed by atoms with Crippen LogP contribution in [0.15, 0.2) is 9.42 Å². The summed E-state index contributed by atoms with van der Waals surface area (Å²) in [7, 11) is -3.91. The molecule has 0 bridgehead atoms. The molecule has 1 amide bonds. The number of hydrogen-bond acceptors (Lipinski definition) is 6. The Balaban J connectivity index is 0.00000280. The number of nitrogens with two attached hydrogens (primary N) is 1. The Morgan fingerprint density at radius 2 is 1.96 bits per heavy atom. The molecule has 2 atom stereocenters. The Morgan fingerprint density at radius 3 is 2.50 bits per heavy atom. The minimum Gasteiger partial charge on any atom is -0.360 e. The molecule has 160 valence electrons. The third-order valence-electron chi connectivity index (χ3n) is 5.92. The van der Waals surface area contributed by atoms with E-state index in [4.69, 9.17) is 10.3 Å². The predicted octanol–water partition coefficient (Wildman–Crippen LogP) is 1.89. The zero-order chi connectivity index (χ0) is 19.8. The zero-order valence-electron chi connectivity index (χ0n) is 16.7. The second-order valence-corrected chi connectivity index (χ2v) is 9.68. The van der Waals surface area contributed by atoms with E-state index in [1.807, 2.05) is 6.92 Å². The van der Waals surface area contributed by atoms with Crippen molar-refractivity contribution in [2.24, 2.45) is 11.7 Å². The van der Waals surface area contributed by atoms with Crippen LogP contribution in [0.25, 0.3) is 0 Å². The van der Waals surface area contributed by atoms with Gasteiger partial charge in [0.05, 0.1) is 0 Å². The number of rotatable bonds is 5. The van der Waals surface area contributed by atoms with Crippen LogP contribution in [0, 0.1) is 19.8 Å². The molecule has 28 heavy (non-hydrogen) atoms. The van der Waals surface area contributed by atoms with Gasteiger partial charge < -0.3 is 15.2 Å². The van der Waals surface area contributed by atoms with E-state index >= 15 is 0 Å². The molecule has 0 radical (unpaired) electrons. The summed E-state index contributed by atoms with van der Waals surface area (Å²) >= 11 is 0. The summed E-state index contributed by atoms with van der Waals surface area (Å²) in [5, 5.41) is 3.74. The van der Waals surface area contributed by atoms with Crippen molar-refractivity contribution in [1.82, 2.24) is 14.8 Å². The molecule has 2 fully saturated rings. The molecule has 1 aromatic rings. The summed E-state index contributed by atoms with van der Waals surface area (Å²) in [6.45, 7) is 6.36. The first-order valence-corrected chi connectivity index (χ1v) is 11.2. The predicted molar refractivity (Wildman–Crippen MR) is 108 cm³/mol. The maximum atomic E-state index is 13.4. The molecule has 1 saturated heterocycles. The third-order valence-corrected chi connectivity index (χ3v) is 7.70. The molecule has 1 aliphatic heterocycles. The first kappa shape index (κ1) is 23.1. The Kier molecular flexibility index (Phi) is 7.17. The van der Waals surface area contributed by atoms with Crippen molar-refractivity contribution >= 4 is 28.3 Å². The molecule has 3 N–H and O–H groups in total. The van der Waals surface area contributed by atoms with E-state index < -0.39 is 15.6 Å². The fourth-order valence-electron chi connectivity index (χ4n) is 4.43. The summed E-state index contributed by atoms with van der Waals surface area (Å²) in [5.41, 5.74) is 5.26. The number of carbonyl (C=O) groups is 1. The number of amides is 1. The summed E-state index contributed by atoms with van der Waals surface area (Å²) in [6, 6.07) is 0.0131.